The fourth-order valence-corrected chi connectivity index (χ4v) is 3.25. The number of hydrogen-bond donors (Lipinski definition) is 3. The van der Waals surface area contributed by atoms with Crippen LogP contribution in [0.5, 0.6) is 0 Å². The van der Waals surface area contributed by atoms with Crippen LogP contribution in [0.25, 0.3) is 11.4 Å². The molecule has 0 saturated heterocycles. The molecule has 3 aromatic rings. The molecule has 2 aromatic carbocycles. The summed E-state index contributed by atoms with van der Waals surface area (Å²) >= 11 is 0. The van der Waals surface area contributed by atoms with E-state index in [4.69, 9.17) is 5.73 Å². The van der Waals surface area contributed by atoms with E-state index >= 15 is 0 Å². The molecule has 0 amide bonds. The van der Waals surface area contributed by atoms with Crippen LogP contribution in [0.2, 0.25) is 0 Å². The van der Waals surface area contributed by atoms with Crippen molar-refractivity contribution in [3.05, 3.63) is 95.8 Å². The van der Waals surface area contributed by atoms with Crippen molar-refractivity contribution in [2.24, 2.45) is 10.7 Å². The number of nitrogens with two attached hydrogens (primary N) is 1. The lowest BCUT2D eigenvalue weighted by atomic mass is 9.99. The van der Waals surface area contributed by atoms with E-state index in [0.717, 1.165) is 17.8 Å². The first kappa shape index (κ1) is 26.2. The molecular formula is C26H25F3N6O. The molecule has 36 heavy (non-hydrogen) atoms. The molecule has 1 aromatic heterocycles. The molecule has 0 saturated carbocycles. The zero-order valence-corrected chi connectivity index (χ0v) is 19.9. The number of alkyl halides is 3. The third-order valence-corrected chi connectivity index (χ3v) is 5.12. The van der Waals surface area contributed by atoms with Gasteiger partial charge in [-0.2, -0.15) is 18.4 Å². The lowest BCUT2D eigenvalue weighted by Crippen LogP contribution is -2.30. The summed E-state index contributed by atoms with van der Waals surface area (Å²) in [6, 6.07) is 11.6. The zero-order valence-electron chi connectivity index (χ0n) is 19.9. The van der Waals surface area contributed by atoms with E-state index in [-0.39, 0.29) is 17.2 Å². The Kier molecular flexibility index (Phi) is 7.36. The normalized spacial score (nSPS) is 12.8. The SMILES string of the molecule is C=C(N=C(/C=C(\N)c1ccc(C(F)(F)F)cc1)C(C)(C)O)Nc1ccc(-n2cnc(C)c2)c(C#N)c1. The van der Waals surface area contributed by atoms with E-state index in [0.29, 0.717) is 22.5 Å². The quantitative estimate of drug-likeness (QED) is 0.393. The topological polar surface area (TPSA) is 112 Å². The van der Waals surface area contributed by atoms with E-state index in [1.807, 2.05) is 6.92 Å². The van der Waals surface area contributed by atoms with Gasteiger partial charge in [-0.1, -0.05) is 18.7 Å². The van der Waals surface area contributed by atoms with Crippen LogP contribution >= 0.6 is 0 Å². The fraction of sp³-hybridized carbons (Fsp3) is 0.192. The summed E-state index contributed by atoms with van der Waals surface area (Å²) in [5.74, 6) is 0.152. The molecule has 0 radical (unpaired) electrons. The summed E-state index contributed by atoms with van der Waals surface area (Å²) in [4.78, 5) is 8.50. The van der Waals surface area contributed by atoms with E-state index < -0.39 is 17.3 Å². The Labute approximate surface area is 206 Å². The number of rotatable bonds is 7. The molecule has 0 atom stereocenters. The van der Waals surface area contributed by atoms with Crippen molar-refractivity contribution in [1.82, 2.24) is 9.55 Å². The Morgan fingerprint density at radius 2 is 1.89 bits per heavy atom. The summed E-state index contributed by atoms with van der Waals surface area (Å²) in [6.45, 7) is 8.69. The van der Waals surface area contributed by atoms with Crippen molar-refractivity contribution in [1.29, 1.82) is 5.26 Å². The number of nitriles is 1. The minimum atomic E-state index is -4.46. The number of nitrogens with zero attached hydrogens (tertiary/aromatic N) is 4. The number of anilines is 1. The molecule has 3 rings (SSSR count). The maximum absolute atomic E-state index is 12.8. The average molecular weight is 495 g/mol. The number of aliphatic hydroxyl groups is 1. The second kappa shape index (κ2) is 10.1. The summed E-state index contributed by atoms with van der Waals surface area (Å²) in [6.07, 6.45) is 0.336. The third-order valence-electron chi connectivity index (χ3n) is 5.12. The average Bonchev–Trinajstić information content (AvgIpc) is 3.23. The maximum atomic E-state index is 12.8. The highest BCUT2D eigenvalue weighted by Crippen LogP contribution is 2.30. The number of aromatic nitrogens is 2. The molecule has 186 valence electrons. The highest BCUT2D eigenvalue weighted by Gasteiger charge is 2.30. The standard InChI is InChI=1S/C26H25F3N6O/c1-16-14-35(15-32-16)23-10-9-21(11-19(23)13-30)33-17(2)34-24(25(3,4)36)12-22(31)18-5-7-20(8-6-18)26(27,28)29/h5-12,14-15,33,36H,2,31H2,1,3-4H3/b22-12-,34-24?. The van der Waals surface area contributed by atoms with Gasteiger partial charge in [0, 0.05) is 17.6 Å². The monoisotopic (exact) mass is 494 g/mol. The predicted octanol–water partition coefficient (Wildman–Crippen LogP) is 5.17. The Bertz CT molecular complexity index is 1370. The van der Waals surface area contributed by atoms with Gasteiger partial charge in [0.1, 0.15) is 17.5 Å². The number of aryl methyl sites for hydroxylation is 1. The lowest BCUT2D eigenvalue weighted by Gasteiger charge is -2.19. The van der Waals surface area contributed by atoms with Crippen LogP contribution in [0.15, 0.2) is 78.5 Å². The zero-order chi connectivity index (χ0) is 26.7. The first-order valence-electron chi connectivity index (χ1n) is 10.8. The Balaban J connectivity index is 1.85. The summed E-state index contributed by atoms with van der Waals surface area (Å²) in [5, 5.41) is 23.1. The van der Waals surface area contributed by atoms with Crippen molar-refractivity contribution in [3.63, 3.8) is 0 Å². The minimum Gasteiger partial charge on any atom is -0.398 e. The van der Waals surface area contributed by atoms with Gasteiger partial charge in [-0.3, -0.25) is 0 Å². The van der Waals surface area contributed by atoms with Crippen LogP contribution in [-0.4, -0.2) is 26.0 Å². The number of nitrogens with one attached hydrogen (secondary N) is 1. The Morgan fingerprint density at radius 3 is 2.42 bits per heavy atom. The predicted molar refractivity (Wildman–Crippen MR) is 133 cm³/mol. The van der Waals surface area contributed by atoms with E-state index in [1.54, 1.807) is 35.3 Å². The lowest BCUT2D eigenvalue weighted by molar-refractivity contribution is -0.137. The summed E-state index contributed by atoms with van der Waals surface area (Å²) in [5.41, 5.74) is 6.83. The molecule has 0 aliphatic rings. The molecule has 0 spiro atoms. The molecular weight excluding hydrogens is 469 g/mol. The van der Waals surface area contributed by atoms with E-state index in [9.17, 15) is 23.5 Å². The van der Waals surface area contributed by atoms with E-state index in [2.05, 4.69) is 27.9 Å². The summed E-state index contributed by atoms with van der Waals surface area (Å²) < 4.78 is 40.2. The number of aliphatic imine (C=N–C) groups is 1. The van der Waals surface area contributed by atoms with Gasteiger partial charge in [0.2, 0.25) is 0 Å². The second-order valence-electron chi connectivity index (χ2n) is 8.57. The van der Waals surface area contributed by atoms with Crippen LogP contribution in [0.1, 0.15) is 36.2 Å². The van der Waals surface area contributed by atoms with Crippen LogP contribution in [0, 0.1) is 18.3 Å². The second-order valence-corrected chi connectivity index (χ2v) is 8.57. The highest BCUT2D eigenvalue weighted by molar-refractivity contribution is 6.06. The summed E-state index contributed by atoms with van der Waals surface area (Å²) in [7, 11) is 0. The third kappa shape index (κ3) is 6.40. The van der Waals surface area contributed by atoms with Gasteiger partial charge in [0.25, 0.3) is 0 Å². The Morgan fingerprint density at radius 1 is 1.22 bits per heavy atom. The maximum Gasteiger partial charge on any atom is 0.416 e. The molecule has 0 bridgehead atoms. The molecule has 0 aliphatic carbocycles. The van der Waals surface area contributed by atoms with Crippen LogP contribution in [-0.2, 0) is 6.18 Å². The van der Waals surface area contributed by atoms with E-state index in [1.165, 1.54) is 32.1 Å². The van der Waals surface area contributed by atoms with Crippen molar-refractivity contribution in [2.45, 2.75) is 32.5 Å². The molecule has 1 heterocycles. The van der Waals surface area contributed by atoms with Crippen molar-refractivity contribution >= 4 is 17.1 Å². The number of hydrogen-bond acceptors (Lipinski definition) is 6. The molecule has 7 nitrogen and oxygen atoms in total. The van der Waals surface area contributed by atoms with Crippen LogP contribution in [0.3, 0.4) is 0 Å². The van der Waals surface area contributed by atoms with Gasteiger partial charge >= 0.3 is 6.18 Å². The molecule has 0 fully saturated rings. The first-order valence-corrected chi connectivity index (χ1v) is 10.8. The van der Waals surface area contributed by atoms with Gasteiger partial charge in [-0.25, -0.2) is 9.98 Å². The van der Waals surface area contributed by atoms with Gasteiger partial charge in [-0.15, -0.1) is 0 Å². The van der Waals surface area contributed by atoms with Gasteiger partial charge in [0.05, 0.1) is 34.5 Å². The molecule has 0 unspecified atom stereocenters. The van der Waals surface area contributed by atoms with Crippen LogP contribution < -0.4 is 11.1 Å². The smallest absolute Gasteiger partial charge is 0.398 e. The van der Waals surface area contributed by atoms with Gasteiger partial charge < -0.3 is 20.7 Å². The molecule has 4 N–H and O–H groups in total. The van der Waals surface area contributed by atoms with Crippen molar-refractivity contribution in [3.8, 4) is 11.8 Å². The van der Waals surface area contributed by atoms with Crippen molar-refractivity contribution in [2.75, 3.05) is 5.32 Å². The number of benzene rings is 2. The number of halogens is 3. The van der Waals surface area contributed by atoms with Crippen LogP contribution in [0.4, 0.5) is 18.9 Å². The molecule has 0 aliphatic heterocycles. The van der Waals surface area contributed by atoms with Crippen molar-refractivity contribution < 1.29 is 18.3 Å². The number of imidazole rings is 1. The highest BCUT2D eigenvalue weighted by atomic mass is 19.4. The first-order chi connectivity index (χ1) is 16.8. The largest absolute Gasteiger partial charge is 0.416 e. The molecule has 10 heteroatoms. The van der Waals surface area contributed by atoms with Gasteiger partial charge in [0.15, 0.2) is 0 Å². The van der Waals surface area contributed by atoms with Gasteiger partial charge in [-0.05, 0) is 62.7 Å². The minimum absolute atomic E-state index is 0.115. The Hall–Kier alpha value is -4.36. The fourth-order valence-electron chi connectivity index (χ4n) is 3.25.